The van der Waals surface area contributed by atoms with Crippen LogP contribution in [-0.4, -0.2) is 34.4 Å². The minimum absolute atomic E-state index is 0.0645. The zero-order chi connectivity index (χ0) is 14.9. The molecule has 1 aliphatic rings. The number of nitrogens with zero attached hydrogens (tertiary/aromatic N) is 1. The lowest BCUT2D eigenvalue weighted by Gasteiger charge is -2.18. The summed E-state index contributed by atoms with van der Waals surface area (Å²) < 4.78 is 0. The topological polar surface area (TPSA) is 105 Å². The molecule has 1 heterocycles. The molecule has 20 heavy (non-hydrogen) atoms. The van der Waals surface area contributed by atoms with E-state index in [4.69, 9.17) is 10.6 Å². The number of nitrogens with one attached hydrogen (secondary N) is 1. The highest BCUT2D eigenvalue weighted by atomic mass is 16.7. The van der Waals surface area contributed by atoms with E-state index in [-0.39, 0.29) is 17.3 Å². The monoisotopic (exact) mass is 279 g/mol. The van der Waals surface area contributed by atoms with Crippen LogP contribution in [0.3, 0.4) is 0 Å². The summed E-state index contributed by atoms with van der Waals surface area (Å²) in [6, 6.07) is 4.28. The largest absolute Gasteiger partial charge is 0.507 e. The molecule has 1 aromatic carbocycles. The fourth-order valence-electron chi connectivity index (χ4n) is 1.97. The van der Waals surface area contributed by atoms with E-state index < -0.39 is 11.6 Å². The molecule has 1 saturated heterocycles. The van der Waals surface area contributed by atoms with Gasteiger partial charge in [0.25, 0.3) is 5.91 Å². The van der Waals surface area contributed by atoms with Crippen LogP contribution in [0, 0.1) is 0 Å². The number of carbonyl (C=O) groups is 2. The summed E-state index contributed by atoms with van der Waals surface area (Å²) in [5.74, 6) is -0.849. The molecule has 0 bridgehead atoms. The molecule has 1 fully saturated rings. The molecule has 2 rings (SSSR count). The summed E-state index contributed by atoms with van der Waals surface area (Å²) in [5.41, 5.74) is 5.28. The van der Waals surface area contributed by atoms with Crippen molar-refractivity contribution in [3.63, 3.8) is 0 Å². The van der Waals surface area contributed by atoms with E-state index in [0.29, 0.717) is 13.0 Å². The number of amides is 3. The molecule has 1 aromatic rings. The minimum atomic E-state index is -0.718. The Bertz CT molecular complexity index is 557. The van der Waals surface area contributed by atoms with E-state index in [1.807, 2.05) is 0 Å². The maximum Gasteiger partial charge on any atom is 0.343 e. The summed E-state index contributed by atoms with van der Waals surface area (Å²) in [5, 5.41) is 13.4. The van der Waals surface area contributed by atoms with Crippen molar-refractivity contribution in [3.05, 3.63) is 29.3 Å². The predicted octanol–water partition coefficient (Wildman–Crippen LogP) is 0.727. The standard InChI is InChI=1S/C13H17N3O4/c1-13(2)15-12(19)16(20-13)6-5-8-3-4-10(17)9(7-8)11(14)18/h3-4,7,17H,5-6H2,1-2H3,(H2,14,18)(H,15,19). The fraction of sp³-hybridized carbons (Fsp3) is 0.385. The molecule has 108 valence electrons. The summed E-state index contributed by atoms with van der Waals surface area (Å²) in [4.78, 5) is 28.2. The Morgan fingerprint density at radius 1 is 1.50 bits per heavy atom. The van der Waals surface area contributed by atoms with Gasteiger partial charge in [-0.2, -0.15) is 0 Å². The van der Waals surface area contributed by atoms with Crippen molar-refractivity contribution in [2.45, 2.75) is 26.0 Å². The first kappa shape index (κ1) is 14.1. The number of hydrogen-bond donors (Lipinski definition) is 3. The molecule has 7 nitrogen and oxygen atoms in total. The molecular formula is C13H17N3O4. The average molecular weight is 279 g/mol. The second kappa shape index (κ2) is 5.01. The average Bonchev–Trinajstić information content (AvgIpc) is 2.61. The number of rotatable bonds is 4. The van der Waals surface area contributed by atoms with Crippen molar-refractivity contribution < 1.29 is 19.5 Å². The summed E-state index contributed by atoms with van der Waals surface area (Å²) in [7, 11) is 0. The quantitative estimate of drug-likeness (QED) is 0.755. The number of hydrogen-bond acceptors (Lipinski definition) is 4. The lowest BCUT2D eigenvalue weighted by Crippen LogP contribution is -2.35. The molecule has 7 heteroatoms. The Morgan fingerprint density at radius 2 is 2.20 bits per heavy atom. The Morgan fingerprint density at radius 3 is 2.75 bits per heavy atom. The lowest BCUT2D eigenvalue weighted by molar-refractivity contribution is -0.165. The molecule has 0 saturated carbocycles. The number of carbonyl (C=O) groups excluding carboxylic acids is 2. The smallest absolute Gasteiger partial charge is 0.343 e. The second-order valence-corrected chi connectivity index (χ2v) is 5.10. The van der Waals surface area contributed by atoms with E-state index in [1.54, 1.807) is 19.9 Å². The number of benzene rings is 1. The Balaban J connectivity index is 2.03. The second-order valence-electron chi connectivity index (χ2n) is 5.10. The molecule has 4 N–H and O–H groups in total. The third-order valence-electron chi connectivity index (χ3n) is 2.90. The van der Waals surface area contributed by atoms with Crippen LogP contribution in [0.15, 0.2) is 18.2 Å². The van der Waals surface area contributed by atoms with Crippen molar-refractivity contribution in [1.82, 2.24) is 10.4 Å². The van der Waals surface area contributed by atoms with Gasteiger partial charge in [0.05, 0.1) is 12.1 Å². The van der Waals surface area contributed by atoms with E-state index in [0.717, 1.165) is 5.56 Å². The van der Waals surface area contributed by atoms with Crippen LogP contribution in [0.5, 0.6) is 5.75 Å². The zero-order valence-electron chi connectivity index (χ0n) is 11.3. The number of hydroxylamine groups is 2. The van der Waals surface area contributed by atoms with Crippen LogP contribution in [0.1, 0.15) is 29.8 Å². The predicted molar refractivity (Wildman–Crippen MR) is 70.7 cm³/mol. The highest BCUT2D eigenvalue weighted by Crippen LogP contribution is 2.20. The van der Waals surface area contributed by atoms with Crippen LogP contribution >= 0.6 is 0 Å². The normalized spacial score (nSPS) is 17.1. The zero-order valence-corrected chi connectivity index (χ0v) is 11.3. The van der Waals surface area contributed by atoms with Crippen molar-refractivity contribution in [3.8, 4) is 5.75 Å². The highest BCUT2D eigenvalue weighted by molar-refractivity contribution is 5.95. The van der Waals surface area contributed by atoms with Gasteiger partial charge in [-0.15, -0.1) is 0 Å². The van der Waals surface area contributed by atoms with Crippen LogP contribution < -0.4 is 11.1 Å². The summed E-state index contributed by atoms with van der Waals surface area (Å²) in [6.07, 6.45) is 0.476. The molecule has 0 aliphatic carbocycles. The van der Waals surface area contributed by atoms with E-state index >= 15 is 0 Å². The Labute approximate surface area is 116 Å². The molecule has 0 spiro atoms. The molecule has 0 aromatic heterocycles. The minimum Gasteiger partial charge on any atom is -0.507 e. The first-order valence-corrected chi connectivity index (χ1v) is 6.19. The lowest BCUT2D eigenvalue weighted by atomic mass is 10.1. The number of urea groups is 1. The third-order valence-corrected chi connectivity index (χ3v) is 2.90. The fourth-order valence-corrected chi connectivity index (χ4v) is 1.97. The van der Waals surface area contributed by atoms with Crippen molar-refractivity contribution >= 4 is 11.9 Å². The Kier molecular flexibility index (Phi) is 3.54. The van der Waals surface area contributed by atoms with Crippen molar-refractivity contribution in [2.75, 3.05) is 6.54 Å². The van der Waals surface area contributed by atoms with Gasteiger partial charge in [0.2, 0.25) is 0 Å². The van der Waals surface area contributed by atoms with E-state index in [9.17, 15) is 14.7 Å². The molecule has 1 aliphatic heterocycles. The first-order chi connectivity index (χ1) is 9.28. The molecule has 0 unspecified atom stereocenters. The van der Waals surface area contributed by atoms with Gasteiger partial charge in [-0.05, 0) is 38.0 Å². The van der Waals surface area contributed by atoms with E-state index in [1.165, 1.54) is 17.2 Å². The van der Waals surface area contributed by atoms with Crippen LogP contribution in [0.4, 0.5) is 4.79 Å². The maximum atomic E-state index is 11.6. The van der Waals surface area contributed by atoms with Gasteiger partial charge in [0.15, 0.2) is 5.72 Å². The molecular weight excluding hydrogens is 262 g/mol. The molecule has 0 atom stereocenters. The SMILES string of the molecule is CC1(C)NC(=O)N(CCc2ccc(O)c(C(N)=O)c2)O1. The van der Waals surface area contributed by atoms with Crippen molar-refractivity contribution in [1.29, 1.82) is 0 Å². The van der Waals surface area contributed by atoms with Crippen molar-refractivity contribution in [2.24, 2.45) is 5.73 Å². The van der Waals surface area contributed by atoms with Crippen LogP contribution in [0.2, 0.25) is 0 Å². The van der Waals surface area contributed by atoms with Gasteiger partial charge in [-0.25, -0.2) is 14.7 Å². The summed E-state index contributed by atoms with van der Waals surface area (Å²) in [6.45, 7) is 3.82. The van der Waals surface area contributed by atoms with Gasteiger partial charge in [0.1, 0.15) is 5.75 Å². The third kappa shape index (κ3) is 3.00. The van der Waals surface area contributed by atoms with Gasteiger partial charge in [0, 0.05) is 0 Å². The summed E-state index contributed by atoms with van der Waals surface area (Å²) >= 11 is 0. The maximum absolute atomic E-state index is 11.6. The van der Waals surface area contributed by atoms with Gasteiger partial charge < -0.3 is 16.2 Å². The number of primary amides is 1. The van der Waals surface area contributed by atoms with Gasteiger partial charge in [-0.3, -0.25) is 4.79 Å². The highest BCUT2D eigenvalue weighted by Gasteiger charge is 2.35. The van der Waals surface area contributed by atoms with Crippen LogP contribution in [0.25, 0.3) is 0 Å². The van der Waals surface area contributed by atoms with Gasteiger partial charge >= 0.3 is 6.03 Å². The number of phenols is 1. The number of nitrogens with two attached hydrogens (primary N) is 1. The molecule has 3 amide bonds. The molecule has 0 radical (unpaired) electrons. The first-order valence-electron chi connectivity index (χ1n) is 6.19. The van der Waals surface area contributed by atoms with Crippen LogP contribution in [-0.2, 0) is 11.3 Å². The number of aromatic hydroxyl groups is 1. The van der Waals surface area contributed by atoms with E-state index in [2.05, 4.69) is 5.32 Å². The Hall–Kier alpha value is -2.28. The van der Waals surface area contributed by atoms with Gasteiger partial charge in [-0.1, -0.05) is 6.07 Å².